The first-order valence-corrected chi connectivity index (χ1v) is 4.08. The highest BCUT2D eigenvalue weighted by molar-refractivity contribution is 4.48. The highest BCUT2D eigenvalue weighted by Crippen LogP contribution is 2.05. The highest BCUT2D eigenvalue weighted by Gasteiger charge is 2.20. The average Bonchev–Trinajstić information content (AvgIpc) is 2.11. The van der Waals surface area contributed by atoms with Crippen LogP contribution in [0.1, 0.15) is 13.8 Å². The van der Waals surface area contributed by atoms with E-state index >= 15 is 0 Å². The molecule has 4 heteroatoms. The van der Waals surface area contributed by atoms with Crippen molar-refractivity contribution in [3.05, 3.63) is 0 Å². The first-order chi connectivity index (χ1) is 5.79. The summed E-state index contributed by atoms with van der Waals surface area (Å²) >= 11 is 0. The standard InChI is InChI=1S/C8H18O4/c1-5-11-7(9-3)8(10-4)12-6-2/h7-8H,5-6H2,1-4H3. The lowest BCUT2D eigenvalue weighted by Crippen LogP contribution is -2.34. The van der Waals surface area contributed by atoms with Crippen molar-refractivity contribution in [3.8, 4) is 0 Å². The van der Waals surface area contributed by atoms with Gasteiger partial charge in [-0.15, -0.1) is 0 Å². The molecule has 0 aromatic heterocycles. The summed E-state index contributed by atoms with van der Waals surface area (Å²) in [6.45, 7) is 4.94. The van der Waals surface area contributed by atoms with E-state index in [0.29, 0.717) is 13.2 Å². The molecular formula is C8H18O4. The van der Waals surface area contributed by atoms with Crippen LogP contribution in [0.4, 0.5) is 0 Å². The van der Waals surface area contributed by atoms with Gasteiger partial charge in [0.1, 0.15) is 0 Å². The predicted molar refractivity (Wildman–Crippen MR) is 44.8 cm³/mol. The molecule has 2 atom stereocenters. The molecule has 0 radical (unpaired) electrons. The lowest BCUT2D eigenvalue weighted by molar-refractivity contribution is -0.268. The zero-order valence-corrected chi connectivity index (χ0v) is 8.20. The number of hydrogen-bond donors (Lipinski definition) is 0. The van der Waals surface area contributed by atoms with Crippen LogP contribution in [0.2, 0.25) is 0 Å². The maximum atomic E-state index is 5.22. The normalized spacial score (nSPS) is 16.0. The Bertz CT molecular complexity index is 85.1. The second-order valence-electron chi connectivity index (χ2n) is 2.12. The minimum atomic E-state index is -0.444. The van der Waals surface area contributed by atoms with Crippen LogP contribution in [0.3, 0.4) is 0 Å². The predicted octanol–water partition coefficient (Wildman–Crippen LogP) is 1.00. The van der Waals surface area contributed by atoms with Crippen molar-refractivity contribution in [1.29, 1.82) is 0 Å². The molecule has 0 rings (SSSR count). The van der Waals surface area contributed by atoms with Crippen molar-refractivity contribution in [2.45, 2.75) is 26.4 Å². The molecule has 0 aromatic carbocycles. The van der Waals surface area contributed by atoms with Crippen molar-refractivity contribution in [2.24, 2.45) is 0 Å². The summed E-state index contributed by atoms with van der Waals surface area (Å²) in [6.07, 6.45) is -0.889. The Hall–Kier alpha value is -0.160. The first kappa shape index (κ1) is 11.8. The summed E-state index contributed by atoms with van der Waals surface area (Å²) in [6, 6.07) is 0. The molecule has 0 amide bonds. The molecule has 0 saturated heterocycles. The van der Waals surface area contributed by atoms with E-state index in [1.54, 1.807) is 14.2 Å². The molecule has 74 valence electrons. The second-order valence-corrected chi connectivity index (χ2v) is 2.12. The van der Waals surface area contributed by atoms with Gasteiger partial charge in [-0.25, -0.2) is 0 Å². The fourth-order valence-electron chi connectivity index (χ4n) is 0.844. The zero-order valence-electron chi connectivity index (χ0n) is 8.20. The smallest absolute Gasteiger partial charge is 0.209 e. The van der Waals surface area contributed by atoms with Gasteiger partial charge in [0.25, 0.3) is 0 Å². The molecule has 0 N–H and O–H groups in total. The van der Waals surface area contributed by atoms with Gasteiger partial charge >= 0.3 is 0 Å². The van der Waals surface area contributed by atoms with Crippen molar-refractivity contribution in [1.82, 2.24) is 0 Å². The number of rotatable bonds is 7. The molecule has 0 saturated carbocycles. The Morgan fingerprint density at radius 2 is 1.17 bits per heavy atom. The molecule has 12 heavy (non-hydrogen) atoms. The van der Waals surface area contributed by atoms with Crippen molar-refractivity contribution in [2.75, 3.05) is 27.4 Å². The van der Waals surface area contributed by atoms with Gasteiger partial charge < -0.3 is 18.9 Å². The van der Waals surface area contributed by atoms with Crippen LogP contribution in [0.15, 0.2) is 0 Å². The van der Waals surface area contributed by atoms with Crippen molar-refractivity contribution < 1.29 is 18.9 Å². The molecule has 4 nitrogen and oxygen atoms in total. The zero-order chi connectivity index (χ0) is 9.40. The molecule has 0 spiro atoms. The quantitative estimate of drug-likeness (QED) is 0.545. The fraction of sp³-hybridized carbons (Fsp3) is 1.00. The molecule has 0 bridgehead atoms. The van der Waals surface area contributed by atoms with Gasteiger partial charge in [-0.2, -0.15) is 0 Å². The topological polar surface area (TPSA) is 36.9 Å². The van der Waals surface area contributed by atoms with E-state index < -0.39 is 12.6 Å². The van der Waals surface area contributed by atoms with Crippen LogP contribution in [0.25, 0.3) is 0 Å². The highest BCUT2D eigenvalue weighted by atomic mass is 16.8. The minimum Gasteiger partial charge on any atom is -0.351 e. The molecule has 0 aliphatic carbocycles. The van der Waals surface area contributed by atoms with E-state index in [2.05, 4.69) is 0 Å². The molecule has 2 unspecified atom stereocenters. The Morgan fingerprint density at radius 3 is 1.33 bits per heavy atom. The second kappa shape index (κ2) is 7.49. The van der Waals surface area contributed by atoms with Gasteiger partial charge in [0.2, 0.25) is 12.6 Å². The van der Waals surface area contributed by atoms with Crippen molar-refractivity contribution in [3.63, 3.8) is 0 Å². The third-order valence-electron chi connectivity index (χ3n) is 1.35. The van der Waals surface area contributed by atoms with Crippen LogP contribution in [0.5, 0.6) is 0 Å². The van der Waals surface area contributed by atoms with Gasteiger partial charge in [0.15, 0.2) is 0 Å². The van der Waals surface area contributed by atoms with Gasteiger partial charge in [0.05, 0.1) is 0 Å². The summed E-state index contributed by atoms with van der Waals surface area (Å²) in [5, 5.41) is 0. The monoisotopic (exact) mass is 178 g/mol. The summed E-state index contributed by atoms with van der Waals surface area (Å²) < 4.78 is 20.5. The Balaban J connectivity index is 3.84. The third kappa shape index (κ3) is 4.01. The summed E-state index contributed by atoms with van der Waals surface area (Å²) in [7, 11) is 3.12. The van der Waals surface area contributed by atoms with Gasteiger partial charge in [-0.1, -0.05) is 0 Å². The Kier molecular flexibility index (Phi) is 7.39. The maximum absolute atomic E-state index is 5.22. The van der Waals surface area contributed by atoms with Gasteiger partial charge in [-0.3, -0.25) is 0 Å². The number of methoxy groups -OCH3 is 2. The van der Waals surface area contributed by atoms with Gasteiger partial charge in [-0.05, 0) is 13.8 Å². The molecular weight excluding hydrogens is 160 g/mol. The van der Waals surface area contributed by atoms with E-state index in [1.807, 2.05) is 13.8 Å². The van der Waals surface area contributed by atoms with E-state index in [-0.39, 0.29) is 0 Å². The van der Waals surface area contributed by atoms with Crippen LogP contribution in [0, 0.1) is 0 Å². The number of ether oxygens (including phenoxy) is 4. The Morgan fingerprint density at radius 1 is 0.833 bits per heavy atom. The lowest BCUT2D eigenvalue weighted by atomic mass is 10.6. The number of hydrogen-bond acceptors (Lipinski definition) is 4. The fourth-order valence-corrected chi connectivity index (χ4v) is 0.844. The maximum Gasteiger partial charge on any atom is 0.209 e. The summed E-state index contributed by atoms with van der Waals surface area (Å²) in [5.74, 6) is 0. The first-order valence-electron chi connectivity index (χ1n) is 4.08. The summed E-state index contributed by atoms with van der Waals surface area (Å²) in [5.41, 5.74) is 0. The van der Waals surface area contributed by atoms with E-state index in [9.17, 15) is 0 Å². The van der Waals surface area contributed by atoms with Crippen LogP contribution in [-0.4, -0.2) is 40.0 Å². The largest absolute Gasteiger partial charge is 0.351 e. The lowest BCUT2D eigenvalue weighted by Gasteiger charge is -2.23. The SMILES string of the molecule is CCOC(OC)C(OC)OCC. The van der Waals surface area contributed by atoms with E-state index in [0.717, 1.165) is 0 Å². The van der Waals surface area contributed by atoms with Crippen molar-refractivity contribution >= 4 is 0 Å². The molecule has 0 aliphatic rings. The molecule has 0 aliphatic heterocycles. The van der Waals surface area contributed by atoms with Crippen LogP contribution in [-0.2, 0) is 18.9 Å². The van der Waals surface area contributed by atoms with E-state index in [4.69, 9.17) is 18.9 Å². The average molecular weight is 178 g/mol. The minimum absolute atomic E-state index is 0.444. The van der Waals surface area contributed by atoms with Gasteiger partial charge in [0, 0.05) is 27.4 Å². The van der Waals surface area contributed by atoms with Crippen LogP contribution < -0.4 is 0 Å². The Labute approximate surface area is 73.7 Å². The molecule has 0 aromatic rings. The molecule has 0 fully saturated rings. The van der Waals surface area contributed by atoms with Crippen LogP contribution >= 0.6 is 0 Å². The van der Waals surface area contributed by atoms with E-state index in [1.165, 1.54) is 0 Å². The third-order valence-corrected chi connectivity index (χ3v) is 1.35. The molecule has 0 heterocycles. The summed E-state index contributed by atoms with van der Waals surface area (Å²) in [4.78, 5) is 0.